The molecule has 3 heteroatoms. The van der Waals surface area contributed by atoms with Gasteiger partial charge in [-0.15, -0.1) is 11.8 Å². The van der Waals surface area contributed by atoms with Gasteiger partial charge < -0.3 is 10.1 Å². The van der Waals surface area contributed by atoms with E-state index in [9.17, 15) is 0 Å². The maximum Gasteiger partial charge on any atom is 0.133 e. The number of rotatable bonds is 3. The predicted octanol–water partition coefficient (Wildman–Crippen LogP) is 3.95. The summed E-state index contributed by atoms with van der Waals surface area (Å²) in [5.74, 6) is 3.76. The first-order valence-electron chi connectivity index (χ1n) is 7.83. The van der Waals surface area contributed by atoms with E-state index in [0.717, 1.165) is 23.3 Å². The lowest BCUT2D eigenvalue weighted by Gasteiger charge is -2.39. The van der Waals surface area contributed by atoms with Crippen LogP contribution >= 0.6 is 11.8 Å². The molecule has 2 nitrogen and oxygen atoms in total. The van der Waals surface area contributed by atoms with Crippen molar-refractivity contribution in [3.05, 3.63) is 24.3 Å². The molecule has 0 saturated heterocycles. The highest BCUT2D eigenvalue weighted by atomic mass is 32.2. The third-order valence-corrected chi connectivity index (χ3v) is 5.89. The second kappa shape index (κ2) is 6.40. The Kier molecular flexibility index (Phi) is 4.57. The summed E-state index contributed by atoms with van der Waals surface area (Å²) in [6.45, 7) is 2.39. The molecule has 1 aliphatic carbocycles. The van der Waals surface area contributed by atoms with Crippen LogP contribution in [0.5, 0.6) is 5.75 Å². The number of thioether (sulfide) groups is 1. The molecule has 1 heterocycles. The Hall–Kier alpha value is -0.670. The molecule has 3 rings (SSSR count). The molecule has 0 aromatic heterocycles. The van der Waals surface area contributed by atoms with Crippen LogP contribution < -0.4 is 10.1 Å². The first-order chi connectivity index (χ1) is 9.78. The highest BCUT2D eigenvalue weighted by molar-refractivity contribution is 7.99. The minimum Gasteiger partial charge on any atom is -0.487 e. The maximum absolute atomic E-state index is 6.29. The van der Waals surface area contributed by atoms with E-state index in [-0.39, 0.29) is 0 Å². The molecule has 2 aliphatic rings. The molecule has 4 unspecified atom stereocenters. The quantitative estimate of drug-likeness (QED) is 0.911. The van der Waals surface area contributed by atoms with E-state index in [0.29, 0.717) is 12.1 Å². The van der Waals surface area contributed by atoms with Gasteiger partial charge in [-0.2, -0.15) is 0 Å². The van der Waals surface area contributed by atoms with Crippen molar-refractivity contribution in [3.63, 3.8) is 0 Å². The van der Waals surface area contributed by atoms with E-state index < -0.39 is 0 Å². The first-order valence-corrected chi connectivity index (χ1v) is 8.82. The van der Waals surface area contributed by atoms with Crippen LogP contribution in [0.3, 0.4) is 0 Å². The number of likely N-dealkylation sites (N-methyl/N-ethyl adjacent to an activating group) is 1. The van der Waals surface area contributed by atoms with Crippen LogP contribution in [0, 0.1) is 11.8 Å². The van der Waals surface area contributed by atoms with Crippen molar-refractivity contribution in [2.24, 2.45) is 11.8 Å². The van der Waals surface area contributed by atoms with Crippen molar-refractivity contribution in [1.29, 1.82) is 0 Å². The molecule has 20 heavy (non-hydrogen) atoms. The lowest BCUT2D eigenvalue weighted by atomic mass is 9.77. The van der Waals surface area contributed by atoms with Crippen LogP contribution in [0.4, 0.5) is 0 Å². The van der Waals surface area contributed by atoms with Gasteiger partial charge in [-0.25, -0.2) is 0 Å². The van der Waals surface area contributed by atoms with Gasteiger partial charge in [-0.1, -0.05) is 31.9 Å². The topological polar surface area (TPSA) is 21.3 Å². The summed E-state index contributed by atoms with van der Waals surface area (Å²) < 4.78 is 6.29. The normalized spacial score (nSPS) is 31.2. The summed E-state index contributed by atoms with van der Waals surface area (Å²) >= 11 is 1.94. The van der Waals surface area contributed by atoms with E-state index >= 15 is 0 Å². The fourth-order valence-corrected chi connectivity index (χ4v) is 4.80. The number of ether oxygens (including phenoxy) is 1. The van der Waals surface area contributed by atoms with Crippen molar-refractivity contribution in [2.75, 3.05) is 12.8 Å². The van der Waals surface area contributed by atoms with Crippen molar-refractivity contribution >= 4 is 11.8 Å². The average molecular weight is 291 g/mol. The molecule has 1 aromatic carbocycles. The number of fused-ring (bicyclic) bond motifs is 1. The second-order valence-electron chi connectivity index (χ2n) is 6.26. The van der Waals surface area contributed by atoms with Crippen molar-refractivity contribution in [1.82, 2.24) is 5.32 Å². The van der Waals surface area contributed by atoms with Gasteiger partial charge in [0, 0.05) is 16.7 Å². The highest BCUT2D eigenvalue weighted by Crippen LogP contribution is 2.39. The summed E-state index contributed by atoms with van der Waals surface area (Å²) in [6.07, 6.45) is 5.77. The van der Waals surface area contributed by atoms with Gasteiger partial charge in [-0.05, 0) is 43.9 Å². The number of benzene rings is 1. The molecule has 110 valence electrons. The zero-order valence-corrected chi connectivity index (χ0v) is 13.3. The van der Waals surface area contributed by atoms with Crippen LogP contribution in [0.2, 0.25) is 0 Å². The Labute approximate surface area is 126 Å². The Morgan fingerprint density at radius 2 is 2.15 bits per heavy atom. The van der Waals surface area contributed by atoms with Crippen molar-refractivity contribution < 1.29 is 4.74 Å². The molecule has 0 radical (unpaired) electrons. The molecule has 0 amide bonds. The zero-order chi connectivity index (χ0) is 13.9. The molecular weight excluding hydrogens is 266 g/mol. The summed E-state index contributed by atoms with van der Waals surface area (Å²) in [7, 11) is 2.10. The van der Waals surface area contributed by atoms with Gasteiger partial charge in [0.2, 0.25) is 0 Å². The fourth-order valence-electron chi connectivity index (χ4n) is 3.75. The van der Waals surface area contributed by atoms with Gasteiger partial charge >= 0.3 is 0 Å². The Bertz CT molecular complexity index is 450. The Morgan fingerprint density at radius 1 is 1.30 bits per heavy atom. The van der Waals surface area contributed by atoms with Gasteiger partial charge in [0.05, 0.1) is 0 Å². The fraction of sp³-hybridized carbons (Fsp3) is 0.647. The molecule has 4 atom stereocenters. The number of hydrogen-bond acceptors (Lipinski definition) is 3. The maximum atomic E-state index is 6.29. The third-order valence-electron chi connectivity index (χ3n) is 4.75. The highest BCUT2D eigenvalue weighted by Gasteiger charge is 2.34. The van der Waals surface area contributed by atoms with Gasteiger partial charge in [-0.3, -0.25) is 0 Å². The minimum atomic E-state index is 0.301. The first kappa shape index (κ1) is 14.3. The van der Waals surface area contributed by atoms with Crippen molar-refractivity contribution in [3.8, 4) is 5.75 Å². The number of nitrogens with one attached hydrogen (secondary N) is 1. The predicted molar refractivity (Wildman–Crippen MR) is 85.6 cm³/mol. The average Bonchev–Trinajstić information content (AvgIpc) is 2.48. The third kappa shape index (κ3) is 2.99. The molecule has 1 aromatic rings. The van der Waals surface area contributed by atoms with E-state index in [2.05, 4.69) is 43.6 Å². The summed E-state index contributed by atoms with van der Waals surface area (Å²) in [5, 5.41) is 3.55. The van der Waals surface area contributed by atoms with Crippen LogP contribution in [-0.2, 0) is 0 Å². The summed E-state index contributed by atoms with van der Waals surface area (Å²) in [5.41, 5.74) is 0. The minimum absolute atomic E-state index is 0.301. The van der Waals surface area contributed by atoms with Crippen LogP contribution in [0.1, 0.15) is 32.6 Å². The largest absolute Gasteiger partial charge is 0.487 e. The second-order valence-corrected chi connectivity index (χ2v) is 7.32. The monoisotopic (exact) mass is 291 g/mol. The number of hydrogen-bond donors (Lipinski definition) is 1. The molecule has 1 aliphatic heterocycles. The molecule has 0 spiro atoms. The lowest BCUT2D eigenvalue weighted by Crippen LogP contribution is -2.49. The van der Waals surface area contributed by atoms with Crippen LogP contribution in [-0.4, -0.2) is 24.9 Å². The Balaban J connectivity index is 1.71. The van der Waals surface area contributed by atoms with Gasteiger partial charge in [0.1, 0.15) is 11.9 Å². The van der Waals surface area contributed by atoms with Gasteiger partial charge in [0.25, 0.3) is 0 Å². The van der Waals surface area contributed by atoms with E-state index in [1.165, 1.54) is 30.6 Å². The van der Waals surface area contributed by atoms with E-state index in [1.807, 2.05) is 11.8 Å². The van der Waals surface area contributed by atoms with Crippen LogP contribution in [0.15, 0.2) is 29.2 Å². The van der Waals surface area contributed by atoms with Crippen LogP contribution in [0.25, 0.3) is 0 Å². The number of para-hydroxylation sites is 1. The zero-order valence-electron chi connectivity index (χ0n) is 12.5. The summed E-state index contributed by atoms with van der Waals surface area (Å²) in [6, 6.07) is 8.91. The molecule has 1 saturated carbocycles. The van der Waals surface area contributed by atoms with Crippen molar-refractivity contribution in [2.45, 2.75) is 49.6 Å². The van der Waals surface area contributed by atoms with Gasteiger partial charge in [0.15, 0.2) is 0 Å². The SMILES string of the molecule is CNC(C1CCCC(C)C1)C1CSc2ccccc2O1. The van der Waals surface area contributed by atoms with E-state index in [4.69, 9.17) is 4.74 Å². The Morgan fingerprint density at radius 3 is 2.95 bits per heavy atom. The molecular formula is C17H25NOS. The molecule has 1 fully saturated rings. The summed E-state index contributed by atoms with van der Waals surface area (Å²) in [4.78, 5) is 1.29. The molecule has 1 N–H and O–H groups in total. The lowest BCUT2D eigenvalue weighted by molar-refractivity contribution is 0.109. The standard InChI is InChI=1S/C17H25NOS/c1-12-6-5-7-13(10-12)17(18-2)15-11-20-16-9-4-3-8-14(16)19-15/h3-4,8-9,12-13,15,17-18H,5-7,10-11H2,1-2H3. The molecule has 0 bridgehead atoms. The van der Waals surface area contributed by atoms with E-state index in [1.54, 1.807) is 0 Å². The smallest absolute Gasteiger partial charge is 0.133 e.